The number of hydrogen-bond acceptors (Lipinski definition) is 4. The van der Waals surface area contributed by atoms with Crippen molar-refractivity contribution in [2.24, 2.45) is 5.73 Å². The van der Waals surface area contributed by atoms with Crippen LogP contribution >= 0.6 is 0 Å². The number of hydrogen-bond donors (Lipinski definition) is 2. The Morgan fingerprint density at radius 2 is 1.87 bits per heavy atom. The molecule has 23 heavy (non-hydrogen) atoms. The van der Waals surface area contributed by atoms with Gasteiger partial charge in [0.15, 0.2) is 0 Å². The highest BCUT2D eigenvalue weighted by Gasteiger charge is 2.14. The molecule has 1 atom stereocenters. The number of nitrogens with two attached hydrogens (primary N) is 1. The van der Waals surface area contributed by atoms with Gasteiger partial charge in [-0.1, -0.05) is 6.07 Å². The maximum absolute atomic E-state index is 11.5. The number of nitrogens with one attached hydrogen (secondary N) is 1. The van der Waals surface area contributed by atoms with E-state index >= 15 is 0 Å². The number of amides is 1. The van der Waals surface area contributed by atoms with Crippen LogP contribution in [0.3, 0.4) is 0 Å². The van der Waals surface area contributed by atoms with Crippen molar-refractivity contribution in [1.29, 1.82) is 0 Å². The summed E-state index contributed by atoms with van der Waals surface area (Å²) in [6.07, 6.45) is 0. The molecule has 122 valence electrons. The molecule has 0 radical (unpaired) electrons. The molecule has 2 rings (SSSR count). The molecule has 0 aliphatic heterocycles. The Labute approximate surface area is 136 Å². The van der Waals surface area contributed by atoms with Crippen LogP contribution in [0.4, 0.5) is 5.69 Å². The van der Waals surface area contributed by atoms with Gasteiger partial charge in [-0.15, -0.1) is 0 Å². The largest absolute Gasteiger partial charge is 0.497 e. The van der Waals surface area contributed by atoms with E-state index in [9.17, 15) is 4.79 Å². The second-order valence-electron chi connectivity index (χ2n) is 5.37. The Kier molecular flexibility index (Phi) is 5.11. The van der Waals surface area contributed by atoms with Crippen molar-refractivity contribution in [2.45, 2.75) is 19.9 Å². The lowest BCUT2D eigenvalue weighted by molar-refractivity contribution is 0.0999. The van der Waals surface area contributed by atoms with E-state index in [0.717, 1.165) is 28.3 Å². The van der Waals surface area contributed by atoms with Gasteiger partial charge in [-0.05, 0) is 43.7 Å². The first-order chi connectivity index (χ1) is 11.0. The topological polar surface area (TPSA) is 73.6 Å². The summed E-state index contributed by atoms with van der Waals surface area (Å²) in [6.45, 7) is 3.88. The second kappa shape index (κ2) is 7.05. The number of aryl methyl sites for hydroxylation is 1. The molecule has 5 nitrogen and oxygen atoms in total. The Bertz CT molecular complexity index is 713. The van der Waals surface area contributed by atoms with Crippen LogP contribution in [0.25, 0.3) is 0 Å². The van der Waals surface area contributed by atoms with Gasteiger partial charge < -0.3 is 20.5 Å². The van der Waals surface area contributed by atoms with Gasteiger partial charge in [0.05, 0.1) is 20.3 Å². The third-order valence-corrected chi connectivity index (χ3v) is 3.79. The van der Waals surface area contributed by atoms with Gasteiger partial charge in [-0.3, -0.25) is 4.79 Å². The lowest BCUT2D eigenvalue weighted by Gasteiger charge is -2.19. The molecular weight excluding hydrogens is 292 g/mol. The van der Waals surface area contributed by atoms with Gasteiger partial charge in [-0.25, -0.2) is 0 Å². The zero-order valence-electron chi connectivity index (χ0n) is 13.8. The molecule has 0 fully saturated rings. The standard InChI is InChI=1S/C18H22N2O3/c1-11-5-6-13(9-16(11)18(19)21)20-12(2)15-8-7-14(22-3)10-17(15)23-4/h5-10,12,20H,1-4H3,(H2,19,21)/t12-/m0/s1. The smallest absolute Gasteiger partial charge is 0.249 e. The molecule has 0 unspecified atom stereocenters. The van der Waals surface area contributed by atoms with Crippen molar-refractivity contribution in [1.82, 2.24) is 0 Å². The van der Waals surface area contributed by atoms with Crippen molar-refractivity contribution >= 4 is 11.6 Å². The average molecular weight is 314 g/mol. The van der Waals surface area contributed by atoms with E-state index in [-0.39, 0.29) is 6.04 Å². The van der Waals surface area contributed by atoms with Gasteiger partial charge >= 0.3 is 0 Å². The Balaban J connectivity index is 2.27. The predicted octanol–water partition coefficient (Wildman–Crippen LogP) is 3.28. The average Bonchev–Trinajstić information content (AvgIpc) is 2.55. The molecular formula is C18H22N2O3. The van der Waals surface area contributed by atoms with Crippen molar-refractivity contribution < 1.29 is 14.3 Å². The summed E-state index contributed by atoms with van der Waals surface area (Å²) in [4.78, 5) is 11.5. The molecule has 0 saturated heterocycles. The molecule has 0 aromatic heterocycles. The molecule has 0 aliphatic carbocycles. The van der Waals surface area contributed by atoms with Crippen molar-refractivity contribution in [3.05, 3.63) is 53.1 Å². The molecule has 0 bridgehead atoms. The van der Waals surface area contributed by atoms with Crippen LogP contribution in [-0.4, -0.2) is 20.1 Å². The summed E-state index contributed by atoms with van der Waals surface area (Å²) < 4.78 is 10.6. The molecule has 2 aromatic carbocycles. The second-order valence-corrected chi connectivity index (χ2v) is 5.37. The molecule has 1 amide bonds. The van der Waals surface area contributed by atoms with Crippen LogP contribution < -0.4 is 20.5 Å². The number of benzene rings is 2. The minimum absolute atomic E-state index is 0.0145. The van der Waals surface area contributed by atoms with E-state index in [1.165, 1.54) is 0 Å². The van der Waals surface area contributed by atoms with Crippen LogP contribution in [0, 0.1) is 6.92 Å². The van der Waals surface area contributed by atoms with Crippen molar-refractivity contribution in [3.8, 4) is 11.5 Å². The highest BCUT2D eigenvalue weighted by Crippen LogP contribution is 2.31. The Hall–Kier alpha value is -2.69. The van der Waals surface area contributed by atoms with Gasteiger partial charge in [0, 0.05) is 22.9 Å². The maximum atomic E-state index is 11.5. The van der Waals surface area contributed by atoms with E-state index in [1.54, 1.807) is 20.3 Å². The lowest BCUT2D eigenvalue weighted by Crippen LogP contribution is -2.14. The Morgan fingerprint density at radius 3 is 2.48 bits per heavy atom. The van der Waals surface area contributed by atoms with E-state index in [2.05, 4.69) is 5.32 Å². The first kappa shape index (κ1) is 16.7. The van der Waals surface area contributed by atoms with Crippen LogP contribution in [-0.2, 0) is 0 Å². The number of carbonyl (C=O) groups is 1. The van der Waals surface area contributed by atoms with Crippen LogP contribution in [0.5, 0.6) is 11.5 Å². The normalized spacial score (nSPS) is 11.7. The van der Waals surface area contributed by atoms with E-state index < -0.39 is 5.91 Å². The molecule has 0 aliphatic rings. The lowest BCUT2D eigenvalue weighted by atomic mass is 10.0. The highest BCUT2D eigenvalue weighted by atomic mass is 16.5. The summed E-state index contributed by atoms with van der Waals surface area (Å²) in [5, 5.41) is 3.36. The summed E-state index contributed by atoms with van der Waals surface area (Å²) >= 11 is 0. The van der Waals surface area contributed by atoms with Crippen molar-refractivity contribution in [2.75, 3.05) is 19.5 Å². The highest BCUT2D eigenvalue weighted by molar-refractivity contribution is 5.95. The number of methoxy groups -OCH3 is 2. The zero-order chi connectivity index (χ0) is 17.0. The van der Waals surface area contributed by atoms with Crippen molar-refractivity contribution in [3.63, 3.8) is 0 Å². The SMILES string of the molecule is COc1ccc([C@H](C)Nc2ccc(C)c(C(N)=O)c2)c(OC)c1. The maximum Gasteiger partial charge on any atom is 0.249 e. The van der Waals surface area contributed by atoms with Gasteiger partial charge in [0.25, 0.3) is 0 Å². The van der Waals surface area contributed by atoms with E-state index in [4.69, 9.17) is 15.2 Å². The van der Waals surface area contributed by atoms with Crippen LogP contribution in [0.2, 0.25) is 0 Å². The van der Waals surface area contributed by atoms with Gasteiger partial charge in [0.2, 0.25) is 5.91 Å². The fourth-order valence-electron chi connectivity index (χ4n) is 2.48. The van der Waals surface area contributed by atoms with Crippen LogP contribution in [0.15, 0.2) is 36.4 Å². The van der Waals surface area contributed by atoms with E-state index in [1.807, 2.05) is 44.2 Å². The molecule has 0 heterocycles. The summed E-state index contributed by atoms with van der Waals surface area (Å²) in [7, 11) is 3.25. The van der Waals surface area contributed by atoms with Gasteiger partial charge in [-0.2, -0.15) is 0 Å². The summed E-state index contributed by atoms with van der Waals surface area (Å²) in [5.41, 5.74) is 8.60. The minimum atomic E-state index is -0.430. The quantitative estimate of drug-likeness (QED) is 0.858. The molecule has 0 spiro atoms. The fraction of sp³-hybridized carbons (Fsp3) is 0.278. The number of rotatable bonds is 6. The number of primary amides is 1. The number of anilines is 1. The molecule has 2 aromatic rings. The zero-order valence-corrected chi connectivity index (χ0v) is 13.8. The van der Waals surface area contributed by atoms with E-state index in [0.29, 0.717) is 5.56 Å². The molecule has 0 saturated carbocycles. The summed E-state index contributed by atoms with van der Waals surface area (Å²) in [6, 6.07) is 11.2. The number of carbonyl (C=O) groups excluding carboxylic acids is 1. The summed E-state index contributed by atoms with van der Waals surface area (Å²) in [5.74, 6) is 1.05. The minimum Gasteiger partial charge on any atom is -0.497 e. The predicted molar refractivity (Wildman–Crippen MR) is 91.3 cm³/mol. The Morgan fingerprint density at radius 1 is 1.13 bits per heavy atom. The fourth-order valence-corrected chi connectivity index (χ4v) is 2.48. The van der Waals surface area contributed by atoms with Gasteiger partial charge in [0.1, 0.15) is 11.5 Å². The molecule has 3 N–H and O–H groups in total. The molecule has 5 heteroatoms. The first-order valence-electron chi connectivity index (χ1n) is 7.35. The monoisotopic (exact) mass is 314 g/mol. The number of ether oxygens (including phenoxy) is 2. The first-order valence-corrected chi connectivity index (χ1v) is 7.35. The third kappa shape index (κ3) is 3.74. The third-order valence-electron chi connectivity index (χ3n) is 3.79. The van der Waals surface area contributed by atoms with Crippen LogP contribution in [0.1, 0.15) is 34.5 Å².